The average Bonchev–Trinajstić information content (AvgIpc) is 3.30. The first-order valence-corrected chi connectivity index (χ1v) is 10.7. The smallest absolute Gasteiger partial charge is 0.279 e. The Hall–Kier alpha value is -3.58. The van der Waals surface area contributed by atoms with Gasteiger partial charge in [-0.1, -0.05) is 70.5 Å². The zero-order chi connectivity index (χ0) is 21.4. The van der Waals surface area contributed by atoms with Crippen LogP contribution in [0.2, 0.25) is 0 Å². The number of halogens is 1. The van der Waals surface area contributed by atoms with Gasteiger partial charge in [-0.05, 0) is 42.3 Å². The van der Waals surface area contributed by atoms with Gasteiger partial charge in [0.25, 0.3) is 11.4 Å². The lowest BCUT2D eigenvalue weighted by Gasteiger charge is -2.09. The molecule has 5 aromatic rings. The molecule has 31 heavy (non-hydrogen) atoms. The molecule has 0 bridgehead atoms. The van der Waals surface area contributed by atoms with Gasteiger partial charge in [0, 0.05) is 15.4 Å². The van der Waals surface area contributed by atoms with E-state index in [9.17, 15) is 4.79 Å². The summed E-state index contributed by atoms with van der Waals surface area (Å²) in [5.74, 6) is 0.694. The van der Waals surface area contributed by atoms with Crippen LogP contribution in [0, 0.1) is 0 Å². The highest BCUT2D eigenvalue weighted by atomic mass is 79.9. The Morgan fingerprint density at radius 2 is 1.65 bits per heavy atom. The molecule has 0 aliphatic carbocycles. The topological polar surface area (TPSA) is 73.8 Å². The van der Waals surface area contributed by atoms with Crippen LogP contribution in [-0.2, 0) is 6.42 Å². The third-order valence-corrected chi connectivity index (χ3v) is 5.83. The first kappa shape index (κ1) is 19.4. The standard InChI is InChI=1S/C24H17BrN4O2/c1-2-15-11-13-16(14-12-15)29-24(30)18-8-4-3-7-17(18)21(27-29)23-26-22(28-31-23)19-9-5-6-10-20(19)25/h3-14H,2H2,1H3. The number of fused-ring (bicyclic) bond motifs is 1. The maximum absolute atomic E-state index is 13.2. The fourth-order valence-corrected chi connectivity index (χ4v) is 3.93. The summed E-state index contributed by atoms with van der Waals surface area (Å²) < 4.78 is 7.83. The van der Waals surface area contributed by atoms with Gasteiger partial charge >= 0.3 is 0 Å². The summed E-state index contributed by atoms with van der Waals surface area (Å²) in [4.78, 5) is 17.7. The zero-order valence-corrected chi connectivity index (χ0v) is 18.2. The van der Waals surface area contributed by atoms with E-state index >= 15 is 0 Å². The molecule has 7 heteroatoms. The highest BCUT2D eigenvalue weighted by Crippen LogP contribution is 2.29. The monoisotopic (exact) mass is 472 g/mol. The van der Waals surface area contributed by atoms with Crippen LogP contribution < -0.4 is 5.56 Å². The van der Waals surface area contributed by atoms with Crippen molar-refractivity contribution in [2.45, 2.75) is 13.3 Å². The third kappa shape index (κ3) is 3.47. The minimum absolute atomic E-state index is 0.200. The maximum atomic E-state index is 13.2. The fraction of sp³-hybridized carbons (Fsp3) is 0.0833. The number of rotatable bonds is 4. The van der Waals surface area contributed by atoms with Gasteiger partial charge in [-0.2, -0.15) is 14.8 Å². The van der Waals surface area contributed by atoms with Crippen LogP contribution in [0.25, 0.3) is 39.4 Å². The summed E-state index contributed by atoms with van der Waals surface area (Å²) in [5.41, 5.74) is 2.94. The van der Waals surface area contributed by atoms with Crippen LogP contribution in [0.3, 0.4) is 0 Å². The van der Waals surface area contributed by atoms with Crippen molar-refractivity contribution < 1.29 is 4.52 Å². The van der Waals surface area contributed by atoms with Gasteiger partial charge < -0.3 is 4.52 Å². The van der Waals surface area contributed by atoms with E-state index < -0.39 is 0 Å². The summed E-state index contributed by atoms with van der Waals surface area (Å²) in [6.07, 6.45) is 0.922. The molecule has 2 aromatic heterocycles. The molecule has 0 radical (unpaired) electrons. The van der Waals surface area contributed by atoms with Gasteiger partial charge in [0.1, 0.15) is 0 Å². The number of hydrogen-bond acceptors (Lipinski definition) is 5. The molecule has 6 nitrogen and oxygen atoms in total. The van der Waals surface area contributed by atoms with Gasteiger partial charge in [0.15, 0.2) is 5.69 Å². The largest absolute Gasteiger partial charge is 0.332 e. The number of benzene rings is 3. The highest BCUT2D eigenvalue weighted by molar-refractivity contribution is 9.10. The van der Waals surface area contributed by atoms with Crippen LogP contribution in [0.5, 0.6) is 0 Å². The van der Waals surface area contributed by atoms with Crippen molar-refractivity contribution in [1.82, 2.24) is 19.9 Å². The molecular formula is C24H17BrN4O2. The molecule has 3 aromatic carbocycles. The molecule has 0 saturated heterocycles. The van der Waals surface area contributed by atoms with Crippen LogP contribution >= 0.6 is 15.9 Å². The van der Waals surface area contributed by atoms with Gasteiger partial charge in [-0.25, -0.2) is 0 Å². The van der Waals surface area contributed by atoms with Crippen molar-refractivity contribution in [2.75, 3.05) is 0 Å². The number of nitrogens with zero attached hydrogens (tertiary/aromatic N) is 4. The molecule has 0 unspecified atom stereocenters. The second-order valence-electron chi connectivity index (χ2n) is 7.03. The van der Waals surface area contributed by atoms with Crippen molar-refractivity contribution >= 4 is 26.7 Å². The molecule has 0 aliphatic heterocycles. The molecule has 0 fully saturated rings. The summed E-state index contributed by atoms with van der Waals surface area (Å²) in [6.45, 7) is 2.09. The Labute approximate surface area is 186 Å². The molecule has 0 saturated carbocycles. The van der Waals surface area contributed by atoms with Crippen molar-refractivity contribution in [2.24, 2.45) is 0 Å². The molecule has 0 atom stereocenters. The van der Waals surface area contributed by atoms with E-state index in [1.165, 1.54) is 10.2 Å². The summed E-state index contributed by atoms with van der Waals surface area (Å²) in [5, 5.41) is 9.95. The quantitative estimate of drug-likeness (QED) is 0.348. The van der Waals surface area contributed by atoms with Crippen molar-refractivity contribution in [3.63, 3.8) is 0 Å². The fourth-order valence-electron chi connectivity index (χ4n) is 3.47. The van der Waals surface area contributed by atoms with Crippen LogP contribution in [0.1, 0.15) is 12.5 Å². The Morgan fingerprint density at radius 3 is 2.39 bits per heavy atom. The van der Waals surface area contributed by atoms with E-state index in [1.807, 2.05) is 66.7 Å². The van der Waals surface area contributed by atoms with Crippen LogP contribution in [0.4, 0.5) is 0 Å². The summed E-state index contributed by atoms with van der Waals surface area (Å²) >= 11 is 3.52. The Bertz CT molecular complexity index is 1450. The Balaban J connectivity index is 1.71. The highest BCUT2D eigenvalue weighted by Gasteiger charge is 2.19. The molecule has 0 spiro atoms. The van der Waals surface area contributed by atoms with Gasteiger partial charge in [-0.15, -0.1) is 0 Å². The van der Waals surface area contributed by atoms with E-state index in [1.54, 1.807) is 6.07 Å². The van der Waals surface area contributed by atoms with E-state index in [0.717, 1.165) is 16.5 Å². The normalized spacial score (nSPS) is 11.2. The van der Waals surface area contributed by atoms with E-state index in [4.69, 9.17) is 4.52 Å². The lowest BCUT2D eigenvalue weighted by molar-refractivity contribution is 0.430. The molecular weight excluding hydrogens is 456 g/mol. The average molecular weight is 473 g/mol. The molecule has 5 rings (SSSR count). The van der Waals surface area contributed by atoms with Crippen molar-refractivity contribution in [1.29, 1.82) is 0 Å². The third-order valence-electron chi connectivity index (χ3n) is 5.14. The number of hydrogen-bond donors (Lipinski definition) is 0. The lowest BCUT2D eigenvalue weighted by atomic mass is 10.1. The number of aryl methyl sites for hydroxylation is 1. The van der Waals surface area contributed by atoms with Crippen molar-refractivity contribution in [3.05, 3.63) is 93.2 Å². The summed E-state index contributed by atoms with van der Waals surface area (Å²) in [6, 6.07) is 22.7. The van der Waals surface area contributed by atoms with Crippen molar-refractivity contribution in [3.8, 4) is 28.7 Å². The number of aromatic nitrogens is 4. The summed E-state index contributed by atoms with van der Waals surface area (Å²) in [7, 11) is 0. The first-order valence-electron chi connectivity index (χ1n) is 9.86. The molecule has 152 valence electrons. The molecule has 0 N–H and O–H groups in total. The van der Waals surface area contributed by atoms with Crippen LogP contribution in [-0.4, -0.2) is 19.9 Å². The zero-order valence-electron chi connectivity index (χ0n) is 16.6. The minimum Gasteiger partial charge on any atom is -0.332 e. The second-order valence-corrected chi connectivity index (χ2v) is 7.89. The van der Waals surface area contributed by atoms with Gasteiger partial charge in [0.2, 0.25) is 5.82 Å². The second kappa shape index (κ2) is 7.92. The Kier molecular flexibility index (Phi) is 4.95. The lowest BCUT2D eigenvalue weighted by Crippen LogP contribution is -2.22. The molecule has 0 amide bonds. The Morgan fingerprint density at radius 1 is 0.935 bits per heavy atom. The minimum atomic E-state index is -0.200. The maximum Gasteiger partial charge on any atom is 0.279 e. The molecule has 2 heterocycles. The predicted octanol–water partition coefficient (Wildman–Crippen LogP) is 5.43. The first-order chi connectivity index (χ1) is 15.2. The van der Waals surface area contributed by atoms with E-state index in [-0.39, 0.29) is 11.4 Å². The van der Waals surface area contributed by atoms with Gasteiger partial charge in [-0.3, -0.25) is 4.79 Å². The SMILES string of the molecule is CCc1ccc(-n2nc(-c3nc(-c4ccccc4Br)no3)c3ccccc3c2=O)cc1. The predicted molar refractivity (Wildman–Crippen MR) is 123 cm³/mol. The van der Waals surface area contributed by atoms with E-state index in [2.05, 4.69) is 38.1 Å². The van der Waals surface area contributed by atoms with Crippen LogP contribution in [0.15, 0.2) is 86.6 Å². The molecule has 0 aliphatic rings. The van der Waals surface area contributed by atoms with E-state index in [0.29, 0.717) is 28.0 Å². The van der Waals surface area contributed by atoms with Gasteiger partial charge in [0.05, 0.1) is 11.1 Å².